The predicted molar refractivity (Wildman–Crippen MR) is 56.1 cm³/mol. The lowest BCUT2D eigenvalue weighted by molar-refractivity contribution is -0.256. The number of ether oxygens (including phenoxy) is 1. The number of carbonyl (C=O) groups is 4. The highest BCUT2D eigenvalue weighted by Gasteiger charge is 2.59. The van der Waals surface area contributed by atoms with Crippen molar-refractivity contribution in [2.45, 2.75) is 31.5 Å². The average Bonchev–Trinajstić information content (AvgIpc) is 2.85. The topological polar surface area (TPSA) is 122 Å². The van der Waals surface area contributed by atoms with Crippen molar-refractivity contribution in [3.05, 3.63) is 0 Å². The van der Waals surface area contributed by atoms with Gasteiger partial charge in [-0.05, 0) is 0 Å². The molecule has 1 unspecified atom stereocenters. The summed E-state index contributed by atoms with van der Waals surface area (Å²) in [4.78, 5) is 50.3. The third kappa shape index (κ3) is 2.12. The van der Waals surface area contributed by atoms with Gasteiger partial charge in [0.25, 0.3) is 5.91 Å². The van der Waals surface area contributed by atoms with Crippen LogP contribution in [0.2, 0.25) is 0 Å². The summed E-state index contributed by atoms with van der Waals surface area (Å²) in [6.45, 7) is 1.02. The number of carboxylic acid groups (broad SMARTS) is 1. The molecule has 0 aromatic heterocycles. The predicted octanol–water partition coefficient (Wildman–Crippen LogP) is -1.62. The lowest BCUT2D eigenvalue weighted by atomic mass is 10.1. The summed E-state index contributed by atoms with van der Waals surface area (Å²) in [5.74, 6) is -3.42. The van der Waals surface area contributed by atoms with E-state index in [2.05, 4.69) is 5.32 Å². The molecule has 2 atom stereocenters. The van der Waals surface area contributed by atoms with Gasteiger partial charge in [0.2, 0.25) is 5.91 Å². The fourth-order valence-electron chi connectivity index (χ4n) is 2.00. The van der Waals surface area contributed by atoms with E-state index in [-0.39, 0.29) is 19.4 Å². The van der Waals surface area contributed by atoms with Crippen LogP contribution in [0.4, 0.5) is 0 Å². The molecule has 9 nitrogen and oxygen atoms in total. The van der Waals surface area contributed by atoms with Gasteiger partial charge in [0.05, 0.1) is 6.42 Å². The Morgan fingerprint density at radius 3 is 2.63 bits per heavy atom. The van der Waals surface area contributed by atoms with Gasteiger partial charge in [-0.2, -0.15) is 5.06 Å². The molecule has 0 spiro atoms. The highest BCUT2D eigenvalue weighted by atomic mass is 16.7. The Morgan fingerprint density at radius 1 is 1.47 bits per heavy atom. The Balaban J connectivity index is 2.21. The van der Waals surface area contributed by atoms with Crippen molar-refractivity contribution in [2.75, 3.05) is 6.61 Å². The fraction of sp³-hybridized carbons (Fsp3) is 0.600. The number of amides is 2. The third-order valence-corrected chi connectivity index (χ3v) is 2.86. The van der Waals surface area contributed by atoms with Crippen LogP contribution in [-0.2, 0) is 28.8 Å². The molecule has 0 aromatic carbocycles. The van der Waals surface area contributed by atoms with Crippen LogP contribution >= 0.6 is 0 Å². The Labute approximate surface area is 107 Å². The van der Waals surface area contributed by atoms with E-state index in [1.54, 1.807) is 0 Å². The Bertz CT molecular complexity index is 463. The second-order valence-corrected chi connectivity index (χ2v) is 4.25. The van der Waals surface area contributed by atoms with Crippen LogP contribution in [0.25, 0.3) is 0 Å². The standard InChI is InChI=1S/C10H12N2O7/c1-5(13)11-6-4-18-12(8(6)15)10(9(16)17)3-2-7(14)19-10/h6H,2-4H2,1H3,(H,11,13)(H,16,17)/t6-,10?/m0/s1. The Kier molecular flexibility index (Phi) is 3.14. The Morgan fingerprint density at radius 2 is 2.16 bits per heavy atom. The molecule has 0 bridgehead atoms. The number of nitrogens with one attached hydrogen (secondary N) is 1. The molecule has 2 aliphatic rings. The van der Waals surface area contributed by atoms with E-state index >= 15 is 0 Å². The number of aliphatic carboxylic acids is 1. The molecule has 0 aliphatic carbocycles. The van der Waals surface area contributed by atoms with Crippen LogP contribution in [0, 0.1) is 0 Å². The van der Waals surface area contributed by atoms with Crippen molar-refractivity contribution < 1.29 is 33.9 Å². The van der Waals surface area contributed by atoms with Crippen molar-refractivity contribution in [3.63, 3.8) is 0 Å². The first-order valence-corrected chi connectivity index (χ1v) is 5.56. The molecule has 2 saturated heterocycles. The van der Waals surface area contributed by atoms with Crippen molar-refractivity contribution in [1.82, 2.24) is 10.4 Å². The zero-order valence-electron chi connectivity index (χ0n) is 10.0. The largest absolute Gasteiger partial charge is 0.477 e. The smallest absolute Gasteiger partial charge is 0.372 e. The zero-order valence-corrected chi connectivity index (χ0v) is 10.0. The summed E-state index contributed by atoms with van der Waals surface area (Å²) in [7, 11) is 0. The molecule has 9 heteroatoms. The van der Waals surface area contributed by atoms with Crippen molar-refractivity contribution in [1.29, 1.82) is 0 Å². The number of carbonyl (C=O) groups excluding carboxylic acids is 3. The van der Waals surface area contributed by atoms with Gasteiger partial charge in [-0.3, -0.25) is 19.2 Å². The average molecular weight is 272 g/mol. The minimum atomic E-state index is -2.14. The van der Waals surface area contributed by atoms with Crippen molar-refractivity contribution >= 4 is 23.8 Å². The summed E-state index contributed by atoms with van der Waals surface area (Å²) >= 11 is 0. The molecule has 104 valence electrons. The third-order valence-electron chi connectivity index (χ3n) is 2.86. The summed E-state index contributed by atoms with van der Waals surface area (Å²) in [5.41, 5.74) is -2.14. The number of nitrogens with zero attached hydrogens (tertiary/aromatic N) is 1. The van der Waals surface area contributed by atoms with E-state index in [9.17, 15) is 24.3 Å². The number of rotatable bonds is 3. The molecule has 0 radical (unpaired) electrons. The van der Waals surface area contributed by atoms with Gasteiger partial charge in [0.15, 0.2) is 0 Å². The minimum Gasteiger partial charge on any atom is -0.477 e. The first-order chi connectivity index (χ1) is 8.86. The molecular weight excluding hydrogens is 260 g/mol. The number of hydrogen-bond acceptors (Lipinski definition) is 6. The van der Waals surface area contributed by atoms with E-state index in [1.165, 1.54) is 6.92 Å². The van der Waals surface area contributed by atoms with Crippen molar-refractivity contribution in [2.24, 2.45) is 0 Å². The van der Waals surface area contributed by atoms with E-state index in [1.807, 2.05) is 0 Å². The maximum atomic E-state index is 12.0. The van der Waals surface area contributed by atoms with Gasteiger partial charge in [0, 0.05) is 13.3 Å². The van der Waals surface area contributed by atoms with Gasteiger partial charge >= 0.3 is 17.7 Å². The highest BCUT2D eigenvalue weighted by Crippen LogP contribution is 2.33. The normalized spacial score (nSPS) is 30.4. The van der Waals surface area contributed by atoms with Gasteiger partial charge in [0.1, 0.15) is 12.6 Å². The van der Waals surface area contributed by atoms with Crippen LogP contribution in [-0.4, -0.2) is 52.3 Å². The second kappa shape index (κ2) is 4.50. The van der Waals surface area contributed by atoms with E-state index < -0.39 is 35.5 Å². The number of hydroxylamine groups is 2. The molecule has 0 saturated carbocycles. The second-order valence-electron chi connectivity index (χ2n) is 4.25. The van der Waals surface area contributed by atoms with Crippen LogP contribution in [0.1, 0.15) is 19.8 Å². The molecule has 19 heavy (non-hydrogen) atoms. The summed E-state index contributed by atoms with van der Waals surface area (Å²) in [5, 5.41) is 12.0. The lowest BCUT2D eigenvalue weighted by Crippen LogP contribution is -2.56. The summed E-state index contributed by atoms with van der Waals surface area (Å²) in [6, 6.07) is -0.979. The number of carboxylic acids is 1. The Hall–Kier alpha value is -2.16. The van der Waals surface area contributed by atoms with Crippen LogP contribution in [0.15, 0.2) is 0 Å². The molecule has 2 N–H and O–H groups in total. The van der Waals surface area contributed by atoms with Crippen LogP contribution in [0.5, 0.6) is 0 Å². The lowest BCUT2D eigenvalue weighted by Gasteiger charge is -2.30. The van der Waals surface area contributed by atoms with Gasteiger partial charge in [-0.15, -0.1) is 0 Å². The number of hydrogen-bond donors (Lipinski definition) is 2. The summed E-state index contributed by atoms with van der Waals surface area (Å²) in [6.07, 6.45) is -0.316. The molecule has 2 rings (SSSR count). The first kappa shape index (κ1) is 13.3. The van der Waals surface area contributed by atoms with Gasteiger partial charge < -0.3 is 15.2 Å². The van der Waals surface area contributed by atoms with Gasteiger partial charge in [-0.1, -0.05) is 0 Å². The van der Waals surface area contributed by atoms with E-state index in [0.29, 0.717) is 5.06 Å². The zero-order chi connectivity index (χ0) is 14.2. The van der Waals surface area contributed by atoms with Crippen LogP contribution in [0.3, 0.4) is 0 Å². The van der Waals surface area contributed by atoms with E-state index in [0.717, 1.165) is 0 Å². The van der Waals surface area contributed by atoms with Crippen molar-refractivity contribution in [3.8, 4) is 0 Å². The summed E-state index contributed by atoms with van der Waals surface area (Å²) < 4.78 is 4.75. The number of cyclic esters (lactones) is 1. The minimum absolute atomic E-state index is 0.121. The molecule has 2 aliphatic heterocycles. The van der Waals surface area contributed by atoms with Gasteiger partial charge in [-0.25, -0.2) is 4.79 Å². The molecular formula is C10H12N2O7. The highest BCUT2D eigenvalue weighted by molar-refractivity contribution is 5.93. The van der Waals surface area contributed by atoms with E-state index in [4.69, 9.17) is 9.57 Å². The molecule has 0 aromatic rings. The maximum absolute atomic E-state index is 12.0. The molecule has 2 fully saturated rings. The first-order valence-electron chi connectivity index (χ1n) is 5.56. The molecule has 2 amide bonds. The molecule has 2 heterocycles. The quantitative estimate of drug-likeness (QED) is 0.592. The van der Waals surface area contributed by atoms with Crippen LogP contribution < -0.4 is 5.32 Å². The number of esters is 1. The fourth-order valence-corrected chi connectivity index (χ4v) is 2.00. The maximum Gasteiger partial charge on any atom is 0.372 e. The monoisotopic (exact) mass is 272 g/mol. The SMILES string of the molecule is CC(=O)N[C@H]1CON(C2(C(=O)O)CCC(=O)O2)C1=O.